The molecule has 6 heteroatoms. The summed E-state index contributed by atoms with van der Waals surface area (Å²) in [6.07, 6.45) is 1.26. The van der Waals surface area contributed by atoms with Crippen LogP contribution in [0.15, 0.2) is 41.5 Å². The zero-order valence-electron chi connectivity index (χ0n) is 8.08. The summed E-state index contributed by atoms with van der Waals surface area (Å²) in [7, 11) is 0. The van der Waals surface area contributed by atoms with Crippen molar-refractivity contribution in [3.63, 3.8) is 0 Å². The number of aromatic amines is 1. The average molecular weight is 217 g/mol. The van der Waals surface area contributed by atoms with Gasteiger partial charge in [-0.2, -0.15) is 0 Å². The highest BCUT2D eigenvalue weighted by molar-refractivity contribution is 5.61. The van der Waals surface area contributed by atoms with Gasteiger partial charge in [-0.3, -0.25) is 14.9 Å². The molecule has 0 amide bonds. The topological polar surface area (TPSA) is 88.9 Å². The molecule has 0 bridgehead atoms. The van der Waals surface area contributed by atoms with Crippen LogP contribution in [0.1, 0.15) is 0 Å². The van der Waals surface area contributed by atoms with Crippen molar-refractivity contribution < 1.29 is 4.92 Å². The van der Waals surface area contributed by atoms with Crippen LogP contribution >= 0.6 is 0 Å². The van der Waals surface area contributed by atoms with Gasteiger partial charge in [-0.05, 0) is 0 Å². The van der Waals surface area contributed by atoms with Crippen molar-refractivity contribution >= 4 is 5.69 Å². The van der Waals surface area contributed by atoms with Crippen molar-refractivity contribution in [1.29, 1.82) is 0 Å². The van der Waals surface area contributed by atoms with Crippen LogP contribution in [0.5, 0.6) is 0 Å². The van der Waals surface area contributed by atoms with Crippen molar-refractivity contribution in [1.82, 2.24) is 9.97 Å². The van der Waals surface area contributed by atoms with Gasteiger partial charge in [0, 0.05) is 23.8 Å². The molecule has 0 radical (unpaired) electrons. The molecular formula is C10H7N3O3. The molecular weight excluding hydrogens is 210 g/mol. The number of benzene rings is 1. The number of hydrogen-bond acceptors (Lipinski definition) is 4. The Morgan fingerprint density at radius 2 is 2.12 bits per heavy atom. The minimum Gasteiger partial charge on any atom is -0.313 e. The molecule has 0 unspecified atom stereocenters. The molecule has 2 aromatic rings. The maximum atomic E-state index is 11.1. The first-order chi connectivity index (χ1) is 7.66. The van der Waals surface area contributed by atoms with Crippen LogP contribution in [0.2, 0.25) is 0 Å². The van der Waals surface area contributed by atoms with Gasteiger partial charge >= 0.3 is 0 Å². The van der Waals surface area contributed by atoms with Crippen LogP contribution in [0.25, 0.3) is 11.3 Å². The summed E-state index contributed by atoms with van der Waals surface area (Å²) in [5.41, 5.74) is 0.629. The summed E-state index contributed by atoms with van der Waals surface area (Å²) in [5, 5.41) is 10.6. The lowest BCUT2D eigenvalue weighted by Gasteiger charge is -1.98. The Labute approximate surface area is 89.7 Å². The molecule has 0 atom stereocenters. The Morgan fingerprint density at radius 1 is 1.31 bits per heavy atom. The number of nitrogens with one attached hydrogen (secondary N) is 1. The molecule has 0 aliphatic carbocycles. The second-order valence-corrected chi connectivity index (χ2v) is 3.10. The number of rotatable bonds is 2. The van der Waals surface area contributed by atoms with Crippen molar-refractivity contribution in [2.45, 2.75) is 0 Å². The summed E-state index contributed by atoms with van der Waals surface area (Å²) >= 11 is 0. The van der Waals surface area contributed by atoms with E-state index in [-0.39, 0.29) is 11.2 Å². The third-order valence-corrected chi connectivity index (χ3v) is 2.03. The Balaban J connectivity index is 2.52. The van der Waals surface area contributed by atoms with Crippen LogP contribution in [0.4, 0.5) is 5.69 Å². The number of H-pyrrole nitrogens is 1. The van der Waals surface area contributed by atoms with Crippen molar-refractivity contribution in [3.8, 4) is 11.3 Å². The van der Waals surface area contributed by atoms with Gasteiger partial charge in [0.1, 0.15) is 0 Å². The third kappa shape index (κ3) is 1.95. The Bertz CT molecular complexity index is 592. The first-order valence-electron chi connectivity index (χ1n) is 4.46. The quantitative estimate of drug-likeness (QED) is 0.607. The zero-order valence-corrected chi connectivity index (χ0v) is 8.08. The number of hydrogen-bond donors (Lipinski definition) is 1. The minimum atomic E-state index is -0.489. The van der Waals surface area contributed by atoms with Gasteiger partial charge in [-0.15, -0.1) is 0 Å². The lowest BCUT2D eigenvalue weighted by Crippen LogP contribution is -2.04. The first kappa shape index (κ1) is 10.0. The lowest BCUT2D eigenvalue weighted by atomic mass is 10.1. The fraction of sp³-hybridized carbons (Fsp3) is 0. The summed E-state index contributed by atoms with van der Waals surface area (Å²) in [6.45, 7) is 0. The monoisotopic (exact) mass is 217 g/mol. The Hall–Kier alpha value is -2.50. The van der Waals surface area contributed by atoms with Crippen LogP contribution in [0, 0.1) is 10.1 Å². The molecule has 0 aliphatic rings. The van der Waals surface area contributed by atoms with E-state index in [4.69, 9.17) is 0 Å². The molecule has 1 N–H and O–H groups in total. The second kappa shape index (κ2) is 3.93. The van der Waals surface area contributed by atoms with E-state index in [0.717, 1.165) is 0 Å². The van der Waals surface area contributed by atoms with E-state index in [2.05, 4.69) is 9.97 Å². The highest BCUT2D eigenvalue weighted by atomic mass is 16.6. The summed E-state index contributed by atoms with van der Waals surface area (Å²) in [4.78, 5) is 27.4. The van der Waals surface area contributed by atoms with Gasteiger partial charge in [-0.25, -0.2) is 4.98 Å². The normalized spacial score (nSPS) is 10.0. The van der Waals surface area contributed by atoms with E-state index in [0.29, 0.717) is 11.3 Å². The van der Waals surface area contributed by atoms with E-state index in [9.17, 15) is 14.9 Å². The number of non-ortho nitro benzene ring substituents is 1. The van der Waals surface area contributed by atoms with Crippen molar-refractivity contribution in [3.05, 3.63) is 57.1 Å². The molecule has 2 rings (SSSR count). The lowest BCUT2D eigenvalue weighted by molar-refractivity contribution is -0.384. The third-order valence-electron chi connectivity index (χ3n) is 2.03. The predicted molar refractivity (Wildman–Crippen MR) is 56.9 cm³/mol. The van der Waals surface area contributed by atoms with Gasteiger partial charge in [0.05, 0.1) is 16.9 Å². The molecule has 1 heterocycles. The average Bonchev–Trinajstić information content (AvgIpc) is 2.29. The van der Waals surface area contributed by atoms with Crippen LogP contribution < -0.4 is 5.56 Å². The minimum absolute atomic E-state index is 0.0282. The maximum absolute atomic E-state index is 11.1. The molecule has 0 aliphatic heterocycles. The highest BCUT2D eigenvalue weighted by Crippen LogP contribution is 2.20. The first-order valence-corrected chi connectivity index (χ1v) is 4.46. The van der Waals surface area contributed by atoms with E-state index in [1.165, 1.54) is 24.5 Å². The number of nitrogens with zero attached hydrogens (tertiary/aromatic N) is 2. The van der Waals surface area contributed by atoms with Crippen LogP contribution in [-0.4, -0.2) is 14.9 Å². The zero-order chi connectivity index (χ0) is 11.5. The fourth-order valence-electron chi connectivity index (χ4n) is 1.31. The molecule has 0 saturated heterocycles. The molecule has 0 saturated carbocycles. The summed E-state index contributed by atoms with van der Waals surface area (Å²) < 4.78 is 0. The molecule has 1 aromatic heterocycles. The Morgan fingerprint density at radius 3 is 2.81 bits per heavy atom. The van der Waals surface area contributed by atoms with Crippen molar-refractivity contribution in [2.75, 3.05) is 0 Å². The van der Waals surface area contributed by atoms with E-state index >= 15 is 0 Å². The molecule has 16 heavy (non-hydrogen) atoms. The number of aromatic nitrogens is 2. The molecule has 6 nitrogen and oxygen atoms in total. The van der Waals surface area contributed by atoms with Crippen LogP contribution in [-0.2, 0) is 0 Å². The van der Waals surface area contributed by atoms with Gasteiger partial charge in [-0.1, -0.05) is 12.1 Å². The highest BCUT2D eigenvalue weighted by Gasteiger charge is 2.07. The van der Waals surface area contributed by atoms with Gasteiger partial charge in [0.15, 0.2) is 0 Å². The van der Waals surface area contributed by atoms with E-state index < -0.39 is 4.92 Å². The molecule has 0 spiro atoms. The number of nitro benzene ring substituents is 1. The van der Waals surface area contributed by atoms with Crippen molar-refractivity contribution in [2.24, 2.45) is 0 Å². The predicted octanol–water partition coefficient (Wildman–Crippen LogP) is 1.35. The molecule has 0 fully saturated rings. The Kier molecular flexibility index (Phi) is 2.47. The number of nitro groups is 1. The van der Waals surface area contributed by atoms with E-state index in [1.807, 2.05) is 0 Å². The van der Waals surface area contributed by atoms with Gasteiger partial charge in [0.2, 0.25) is 0 Å². The summed E-state index contributed by atoms with van der Waals surface area (Å²) in [5.74, 6) is 0. The van der Waals surface area contributed by atoms with Gasteiger partial charge in [0.25, 0.3) is 11.2 Å². The van der Waals surface area contributed by atoms with Crippen LogP contribution in [0.3, 0.4) is 0 Å². The molecule has 1 aromatic carbocycles. The molecule has 80 valence electrons. The fourth-order valence-corrected chi connectivity index (χ4v) is 1.31. The summed E-state index contributed by atoms with van der Waals surface area (Å²) in [6, 6.07) is 7.27. The maximum Gasteiger partial charge on any atom is 0.270 e. The van der Waals surface area contributed by atoms with Gasteiger partial charge < -0.3 is 4.98 Å². The standard InChI is InChI=1S/C10H7N3O3/c14-10-5-9(11-6-12-10)7-2-1-3-8(4-7)13(15)16/h1-6H,(H,11,12,14). The SMILES string of the molecule is O=c1cc(-c2cccc([N+](=O)[O-])c2)nc[nH]1. The smallest absolute Gasteiger partial charge is 0.270 e. The largest absolute Gasteiger partial charge is 0.313 e. The van der Waals surface area contributed by atoms with E-state index in [1.54, 1.807) is 12.1 Å². The second-order valence-electron chi connectivity index (χ2n) is 3.10.